The normalized spacial score (nSPS) is 17.7. The SMILES string of the molecule is CNCCC1CCN(c2ncccn2)CC1. The van der Waals surface area contributed by atoms with Crippen LogP contribution in [0.5, 0.6) is 0 Å². The van der Waals surface area contributed by atoms with E-state index >= 15 is 0 Å². The first-order valence-electron chi connectivity index (χ1n) is 6.06. The van der Waals surface area contributed by atoms with Gasteiger partial charge < -0.3 is 10.2 Å². The zero-order valence-corrected chi connectivity index (χ0v) is 9.89. The number of nitrogens with one attached hydrogen (secondary N) is 1. The van der Waals surface area contributed by atoms with Gasteiger partial charge in [-0.25, -0.2) is 9.97 Å². The number of rotatable bonds is 4. The average molecular weight is 220 g/mol. The molecule has 1 fully saturated rings. The first-order valence-corrected chi connectivity index (χ1v) is 6.06. The fourth-order valence-corrected chi connectivity index (χ4v) is 2.22. The second kappa shape index (κ2) is 5.80. The maximum absolute atomic E-state index is 4.29. The minimum atomic E-state index is 0.868. The van der Waals surface area contributed by atoms with Gasteiger partial charge in [-0.15, -0.1) is 0 Å². The highest BCUT2D eigenvalue weighted by Gasteiger charge is 2.19. The van der Waals surface area contributed by atoms with E-state index in [0.717, 1.165) is 31.5 Å². The van der Waals surface area contributed by atoms with Gasteiger partial charge in [-0.1, -0.05) is 0 Å². The van der Waals surface area contributed by atoms with E-state index in [9.17, 15) is 0 Å². The van der Waals surface area contributed by atoms with Crippen LogP contribution >= 0.6 is 0 Å². The molecule has 4 nitrogen and oxygen atoms in total. The van der Waals surface area contributed by atoms with E-state index in [1.807, 2.05) is 25.5 Å². The Morgan fingerprint density at radius 2 is 2.00 bits per heavy atom. The summed E-state index contributed by atoms with van der Waals surface area (Å²) in [6.07, 6.45) is 7.45. The molecule has 1 saturated heterocycles. The van der Waals surface area contributed by atoms with Gasteiger partial charge in [-0.3, -0.25) is 0 Å². The molecule has 0 amide bonds. The second-order valence-electron chi connectivity index (χ2n) is 4.37. The third-order valence-corrected chi connectivity index (χ3v) is 3.25. The maximum Gasteiger partial charge on any atom is 0.225 e. The van der Waals surface area contributed by atoms with Gasteiger partial charge in [-0.05, 0) is 44.8 Å². The number of hydrogen-bond acceptors (Lipinski definition) is 4. The summed E-state index contributed by atoms with van der Waals surface area (Å²) in [6.45, 7) is 3.32. The van der Waals surface area contributed by atoms with Crippen molar-refractivity contribution in [1.82, 2.24) is 15.3 Å². The molecule has 1 aliphatic rings. The summed E-state index contributed by atoms with van der Waals surface area (Å²) in [5, 5.41) is 3.22. The summed E-state index contributed by atoms with van der Waals surface area (Å²) in [7, 11) is 2.02. The second-order valence-corrected chi connectivity index (χ2v) is 4.37. The molecule has 0 spiro atoms. The van der Waals surface area contributed by atoms with Gasteiger partial charge in [0.2, 0.25) is 5.95 Å². The lowest BCUT2D eigenvalue weighted by Gasteiger charge is -2.31. The van der Waals surface area contributed by atoms with Gasteiger partial charge in [0.05, 0.1) is 0 Å². The van der Waals surface area contributed by atoms with Crippen LogP contribution in [0.15, 0.2) is 18.5 Å². The number of anilines is 1. The molecule has 0 radical (unpaired) electrons. The van der Waals surface area contributed by atoms with Crippen molar-refractivity contribution in [3.05, 3.63) is 18.5 Å². The van der Waals surface area contributed by atoms with Gasteiger partial charge in [0.1, 0.15) is 0 Å². The van der Waals surface area contributed by atoms with Crippen LogP contribution < -0.4 is 10.2 Å². The van der Waals surface area contributed by atoms with Gasteiger partial charge >= 0.3 is 0 Å². The van der Waals surface area contributed by atoms with E-state index in [-0.39, 0.29) is 0 Å². The summed E-state index contributed by atoms with van der Waals surface area (Å²) < 4.78 is 0. The summed E-state index contributed by atoms with van der Waals surface area (Å²) in [5.41, 5.74) is 0. The highest BCUT2D eigenvalue weighted by atomic mass is 15.2. The molecule has 0 saturated carbocycles. The molecule has 88 valence electrons. The van der Waals surface area contributed by atoms with E-state index < -0.39 is 0 Å². The number of piperidine rings is 1. The Morgan fingerprint density at radius 3 is 2.62 bits per heavy atom. The van der Waals surface area contributed by atoms with E-state index in [4.69, 9.17) is 0 Å². The quantitative estimate of drug-likeness (QED) is 0.830. The molecule has 0 atom stereocenters. The molecule has 1 N–H and O–H groups in total. The summed E-state index contributed by atoms with van der Waals surface area (Å²) in [4.78, 5) is 10.9. The van der Waals surface area contributed by atoms with Crippen LogP contribution in [0.2, 0.25) is 0 Å². The molecular weight excluding hydrogens is 200 g/mol. The van der Waals surface area contributed by atoms with Crippen LogP contribution in [-0.2, 0) is 0 Å². The van der Waals surface area contributed by atoms with Crippen LogP contribution in [0.4, 0.5) is 5.95 Å². The van der Waals surface area contributed by atoms with Crippen molar-refractivity contribution in [2.24, 2.45) is 5.92 Å². The highest BCUT2D eigenvalue weighted by molar-refractivity contribution is 5.28. The molecule has 2 rings (SSSR count). The number of hydrogen-bond donors (Lipinski definition) is 1. The van der Waals surface area contributed by atoms with Gasteiger partial charge in [0.25, 0.3) is 0 Å². The fourth-order valence-electron chi connectivity index (χ4n) is 2.22. The predicted molar refractivity (Wildman–Crippen MR) is 65.5 cm³/mol. The molecule has 1 aliphatic heterocycles. The minimum Gasteiger partial charge on any atom is -0.341 e. The van der Waals surface area contributed by atoms with Gasteiger partial charge in [-0.2, -0.15) is 0 Å². The zero-order chi connectivity index (χ0) is 11.2. The topological polar surface area (TPSA) is 41.0 Å². The Balaban J connectivity index is 1.81. The first kappa shape index (κ1) is 11.3. The Hall–Kier alpha value is -1.16. The van der Waals surface area contributed by atoms with Crippen LogP contribution in [0.3, 0.4) is 0 Å². The lowest BCUT2D eigenvalue weighted by atomic mass is 9.94. The standard InChI is InChI=1S/C12H20N4/c1-13-8-3-11-4-9-16(10-5-11)12-14-6-2-7-15-12/h2,6-7,11,13H,3-5,8-10H2,1H3. The van der Waals surface area contributed by atoms with Gasteiger partial charge in [0.15, 0.2) is 0 Å². The number of nitrogens with zero attached hydrogens (tertiary/aromatic N) is 3. The van der Waals surface area contributed by atoms with Crippen LogP contribution in [0.25, 0.3) is 0 Å². The molecule has 1 aromatic heterocycles. The van der Waals surface area contributed by atoms with Crippen molar-refractivity contribution in [2.75, 3.05) is 31.6 Å². The molecule has 1 aromatic rings. The third kappa shape index (κ3) is 2.92. The van der Waals surface area contributed by atoms with E-state index in [1.54, 1.807) is 0 Å². The smallest absolute Gasteiger partial charge is 0.225 e. The van der Waals surface area contributed by atoms with Crippen LogP contribution in [-0.4, -0.2) is 36.6 Å². The molecule has 4 heteroatoms. The molecule has 0 unspecified atom stereocenters. The molecular formula is C12H20N4. The number of aromatic nitrogens is 2. The largest absolute Gasteiger partial charge is 0.341 e. The Bertz CT molecular complexity index is 293. The van der Waals surface area contributed by atoms with Crippen LogP contribution in [0, 0.1) is 5.92 Å². The van der Waals surface area contributed by atoms with Crippen molar-refractivity contribution < 1.29 is 0 Å². The van der Waals surface area contributed by atoms with E-state index in [0.29, 0.717) is 0 Å². The Morgan fingerprint density at radius 1 is 1.31 bits per heavy atom. The van der Waals surface area contributed by atoms with E-state index in [1.165, 1.54) is 19.3 Å². The Labute approximate surface area is 97.1 Å². The third-order valence-electron chi connectivity index (χ3n) is 3.25. The van der Waals surface area contributed by atoms with Gasteiger partial charge in [0, 0.05) is 25.5 Å². The van der Waals surface area contributed by atoms with Crippen molar-refractivity contribution in [1.29, 1.82) is 0 Å². The predicted octanol–water partition coefficient (Wildman–Crippen LogP) is 1.30. The van der Waals surface area contributed by atoms with Crippen molar-refractivity contribution in [3.63, 3.8) is 0 Å². The van der Waals surface area contributed by atoms with Crippen molar-refractivity contribution in [3.8, 4) is 0 Å². The van der Waals surface area contributed by atoms with E-state index in [2.05, 4.69) is 20.2 Å². The monoisotopic (exact) mass is 220 g/mol. The zero-order valence-electron chi connectivity index (χ0n) is 9.89. The molecule has 0 aromatic carbocycles. The maximum atomic E-state index is 4.29. The molecule has 2 heterocycles. The lowest BCUT2D eigenvalue weighted by Crippen LogP contribution is -2.35. The highest BCUT2D eigenvalue weighted by Crippen LogP contribution is 2.22. The summed E-state index contributed by atoms with van der Waals surface area (Å²) >= 11 is 0. The van der Waals surface area contributed by atoms with Crippen molar-refractivity contribution >= 4 is 5.95 Å². The van der Waals surface area contributed by atoms with Crippen LogP contribution in [0.1, 0.15) is 19.3 Å². The Kier molecular flexibility index (Phi) is 4.10. The lowest BCUT2D eigenvalue weighted by molar-refractivity contribution is 0.375. The summed E-state index contributed by atoms with van der Waals surface area (Å²) in [6, 6.07) is 1.86. The molecule has 0 bridgehead atoms. The molecule has 0 aliphatic carbocycles. The minimum absolute atomic E-state index is 0.868. The summed E-state index contributed by atoms with van der Waals surface area (Å²) in [5.74, 6) is 1.75. The fraction of sp³-hybridized carbons (Fsp3) is 0.667. The van der Waals surface area contributed by atoms with Crippen molar-refractivity contribution in [2.45, 2.75) is 19.3 Å². The average Bonchev–Trinajstić information content (AvgIpc) is 2.38. The first-order chi connectivity index (χ1) is 7.90. The molecule has 16 heavy (non-hydrogen) atoms.